The van der Waals surface area contributed by atoms with Gasteiger partial charge in [-0.1, -0.05) is 11.6 Å². The van der Waals surface area contributed by atoms with Crippen LogP contribution in [0.5, 0.6) is 11.6 Å². The van der Waals surface area contributed by atoms with Crippen molar-refractivity contribution in [3.63, 3.8) is 0 Å². The molecule has 0 fully saturated rings. The van der Waals surface area contributed by atoms with Gasteiger partial charge in [0.05, 0.1) is 4.47 Å². The lowest BCUT2D eigenvalue weighted by atomic mass is 10.3. The Morgan fingerprint density at radius 1 is 1.25 bits per heavy atom. The van der Waals surface area contributed by atoms with Crippen molar-refractivity contribution in [2.75, 3.05) is 0 Å². The van der Waals surface area contributed by atoms with Crippen LogP contribution in [0, 0.1) is 5.82 Å². The second kappa shape index (κ2) is 4.76. The third-order valence-electron chi connectivity index (χ3n) is 1.72. The smallest absolute Gasteiger partial charge is 0.257 e. The van der Waals surface area contributed by atoms with Crippen LogP contribution in [0.25, 0.3) is 0 Å². The Bertz CT molecular complexity index is 524. The van der Waals surface area contributed by atoms with Gasteiger partial charge in [0.25, 0.3) is 5.88 Å². The van der Waals surface area contributed by atoms with E-state index in [1.54, 1.807) is 0 Å². The molecule has 6 heteroatoms. The summed E-state index contributed by atoms with van der Waals surface area (Å²) in [5.41, 5.74) is 0. The van der Waals surface area contributed by atoms with Crippen LogP contribution in [0.15, 0.2) is 35.1 Å². The topological polar surface area (TPSA) is 35.0 Å². The Morgan fingerprint density at radius 2 is 2.00 bits per heavy atom. The lowest BCUT2D eigenvalue weighted by Gasteiger charge is -2.07. The highest BCUT2D eigenvalue weighted by Crippen LogP contribution is 2.31. The molecule has 0 aliphatic rings. The van der Waals surface area contributed by atoms with E-state index >= 15 is 0 Å². The third kappa shape index (κ3) is 2.48. The summed E-state index contributed by atoms with van der Waals surface area (Å²) in [5.74, 6) is 0.0241. The minimum Gasteiger partial charge on any atom is -0.435 e. The highest BCUT2D eigenvalue weighted by molar-refractivity contribution is 9.10. The fraction of sp³-hybridized carbons (Fsp3) is 0. The average Bonchev–Trinajstić information content (AvgIpc) is 2.27. The van der Waals surface area contributed by atoms with E-state index in [9.17, 15) is 4.39 Å². The zero-order valence-electron chi connectivity index (χ0n) is 7.82. The molecule has 0 spiro atoms. The molecule has 0 unspecified atom stereocenters. The van der Waals surface area contributed by atoms with Crippen molar-refractivity contribution in [3.8, 4) is 11.6 Å². The molecule has 2 aromatic rings. The zero-order chi connectivity index (χ0) is 11.5. The normalized spacial score (nSPS) is 10.2. The predicted molar refractivity (Wildman–Crippen MR) is 61.2 cm³/mol. The number of benzene rings is 1. The van der Waals surface area contributed by atoms with Gasteiger partial charge in [-0.3, -0.25) is 0 Å². The van der Waals surface area contributed by atoms with Crippen LogP contribution in [0.1, 0.15) is 0 Å². The number of hydrogen-bond donors (Lipinski definition) is 0. The van der Waals surface area contributed by atoms with Crippen LogP contribution >= 0.6 is 27.5 Å². The monoisotopic (exact) mass is 302 g/mol. The highest BCUT2D eigenvalue weighted by Gasteiger charge is 2.08. The summed E-state index contributed by atoms with van der Waals surface area (Å²) in [4.78, 5) is 7.68. The first-order valence-corrected chi connectivity index (χ1v) is 5.43. The van der Waals surface area contributed by atoms with Crippen molar-refractivity contribution in [2.45, 2.75) is 0 Å². The predicted octanol–water partition coefficient (Wildman–Crippen LogP) is 3.82. The number of aromatic nitrogens is 2. The highest BCUT2D eigenvalue weighted by atomic mass is 79.9. The summed E-state index contributed by atoms with van der Waals surface area (Å²) < 4.78 is 18.9. The Labute approximate surface area is 104 Å². The van der Waals surface area contributed by atoms with E-state index in [-0.39, 0.29) is 11.0 Å². The molecule has 1 aromatic heterocycles. The molecule has 0 aliphatic heterocycles. The summed E-state index contributed by atoms with van der Waals surface area (Å²) in [6.45, 7) is 0. The van der Waals surface area contributed by atoms with Crippen LogP contribution in [-0.4, -0.2) is 9.97 Å². The standard InChI is InChI=1S/C10H5BrClFN2O/c11-7-2-1-6(13)5-8(7)16-10-9(12)14-3-4-15-10/h1-5H. The van der Waals surface area contributed by atoms with Gasteiger partial charge in [-0.25, -0.2) is 14.4 Å². The van der Waals surface area contributed by atoms with E-state index in [0.717, 1.165) is 0 Å². The molecule has 82 valence electrons. The van der Waals surface area contributed by atoms with Crippen LogP contribution in [0.4, 0.5) is 4.39 Å². The molecule has 1 heterocycles. The summed E-state index contributed by atoms with van der Waals surface area (Å²) >= 11 is 8.99. The molecule has 0 atom stereocenters. The number of hydrogen-bond acceptors (Lipinski definition) is 3. The number of halogens is 3. The SMILES string of the molecule is Fc1ccc(Br)c(Oc2nccnc2Cl)c1. The minimum atomic E-state index is -0.404. The molecule has 2 rings (SSSR count). The summed E-state index contributed by atoms with van der Waals surface area (Å²) in [6.07, 6.45) is 2.88. The molecule has 3 nitrogen and oxygen atoms in total. The first-order valence-electron chi connectivity index (χ1n) is 4.26. The molecule has 16 heavy (non-hydrogen) atoms. The summed E-state index contributed by atoms with van der Waals surface area (Å²) in [7, 11) is 0. The molecule has 0 aliphatic carbocycles. The molecule has 0 amide bonds. The van der Waals surface area contributed by atoms with Gasteiger partial charge in [0.2, 0.25) is 0 Å². The molecule has 0 radical (unpaired) electrons. The van der Waals surface area contributed by atoms with Gasteiger partial charge in [-0.2, -0.15) is 0 Å². The minimum absolute atomic E-state index is 0.124. The fourth-order valence-electron chi connectivity index (χ4n) is 1.04. The molecule has 0 saturated carbocycles. The van der Waals surface area contributed by atoms with Crippen LogP contribution in [-0.2, 0) is 0 Å². The van der Waals surface area contributed by atoms with E-state index in [4.69, 9.17) is 16.3 Å². The Morgan fingerprint density at radius 3 is 2.75 bits per heavy atom. The maximum absolute atomic E-state index is 13.0. The van der Waals surface area contributed by atoms with Crippen molar-refractivity contribution in [1.29, 1.82) is 0 Å². The number of nitrogens with zero attached hydrogens (tertiary/aromatic N) is 2. The number of ether oxygens (including phenoxy) is 1. The van der Waals surface area contributed by atoms with Gasteiger partial charge in [-0.15, -0.1) is 0 Å². The van der Waals surface area contributed by atoms with E-state index < -0.39 is 5.82 Å². The molecular weight excluding hydrogens is 298 g/mol. The van der Waals surface area contributed by atoms with Gasteiger partial charge in [-0.05, 0) is 28.1 Å². The summed E-state index contributed by atoms with van der Waals surface area (Å²) in [5, 5.41) is 0.124. The van der Waals surface area contributed by atoms with Crippen LogP contribution in [0.2, 0.25) is 5.15 Å². The van der Waals surface area contributed by atoms with E-state index in [0.29, 0.717) is 10.2 Å². The van der Waals surface area contributed by atoms with E-state index in [1.165, 1.54) is 30.6 Å². The van der Waals surface area contributed by atoms with Gasteiger partial charge < -0.3 is 4.74 Å². The maximum atomic E-state index is 13.0. The lowest BCUT2D eigenvalue weighted by Crippen LogP contribution is -1.91. The van der Waals surface area contributed by atoms with Crippen molar-refractivity contribution < 1.29 is 9.13 Å². The second-order valence-electron chi connectivity index (χ2n) is 2.83. The average molecular weight is 304 g/mol. The van der Waals surface area contributed by atoms with Crippen LogP contribution in [0.3, 0.4) is 0 Å². The van der Waals surface area contributed by atoms with Gasteiger partial charge in [0.1, 0.15) is 11.6 Å². The van der Waals surface area contributed by atoms with Crippen LogP contribution < -0.4 is 4.74 Å². The maximum Gasteiger partial charge on any atom is 0.257 e. The Balaban J connectivity index is 2.34. The first-order chi connectivity index (χ1) is 7.66. The Hall–Kier alpha value is -1.20. The largest absolute Gasteiger partial charge is 0.435 e. The first kappa shape index (κ1) is 11.3. The second-order valence-corrected chi connectivity index (χ2v) is 4.04. The molecule has 0 saturated heterocycles. The molecule has 1 aromatic carbocycles. The fourth-order valence-corrected chi connectivity index (χ4v) is 1.51. The molecular formula is C10H5BrClFN2O. The number of rotatable bonds is 2. The zero-order valence-corrected chi connectivity index (χ0v) is 10.2. The van der Waals surface area contributed by atoms with Gasteiger partial charge >= 0.3 is 0 Å². The summed E-state index contributed by atoms with van der Waals surface area (Å²) in [6, 6.07) is 4.08. The van der Waals surface area contributed by atoms with E-state index in [1.807, 2.05) is 0 Å². The van der Waals surface area contributed by atoms with Crippen molar-refractivity contribution >= 4 is 27.5 Å². The lowest BCUT2D eigenvalue weighted by molar-refractivity contribution is 0.453. The van der Waals surface area contributed by atoms with Crippen molar-refractivity contribution in [3.05, 3.63) is 46.0 Å². The quantitative estimate of drug-likeness (QED) is 0.846. The van der Waals surface area contributed by atoms with Gasteiger partial charge in [0, 0.05) is 18.5 Å². The van der Waals surface area contributed by atoms with Crippen molar-refractivity contribution in [2.24, 2.45) is 0 Å². The Kier molecular flexibility index (Phi) is 3.36. The molecule has 0 bridgehead atoms. The van der Waals surface area contributed by atoms with Gasteiger partial charge in [0.15, 0.2) is 5.15 Å². The third-order valence-corrected chi connectivity index (χ3v) is 2.64. The van der Waals surface area contributed by atoms with E-state index in [2.05, 4.69) is 25.9 Å². The van der Waals surface area contributed by atoms with Crippen molar-refractivity contribution in [1.82, 2.24) is 9.97 Å². The molecule has 0 N–H and O–H groups in total.